The number of ether oxygens (including phenoxy) is 1. The summed E-state index contributed by atoms with van der Waals surface area (Å²) in [6.45, 7) is 2.65. The number of nitrogens with zero attached hydrogens (tertiary/aromatic N) is 1. The van der Waals surface area contributed by atoms with E-state index in [1.54, 1.807) is 24.1 Å². The van der Waals surface area contributed by atoms with E-state index in [1.807, 2.05) is 24.3 Å². The number of carboxylic acid groups (broad SMARTS) is 1. The van der Waals surface area contributed by atoms with E-state index in [-0.39, 0.29) is 17.2 Å². The van der Waals surface area contributed by atoms with E-state index in [1.165, 1.54) is 0 Å². The monoisotopic (exact) mass is 443 g/mol. The number of rotatable bonds is 0. The Balaban J connectivity index is 0.000000423. The Bertz CT molecular complexity index is 838. The molecule has 3 N–H and O–H groups in total. The number of carbonyl (C=O) groups excluding carboxylic acids is 2. The molecule has 2 aliphatic rings. The van der Waals surface area contributed by atoms with Crippen molar-refractivity contribution in [1.29, 1.82) is 0 Å². The molecule has 1 aromatic carbocycles. The van der Waals surface area contributed by atoms with E-state index >= 15 is 0 Å². The molecule has 0 atom stereocenters. The molecular weight excluding hydrogens is 419 g/mol. The molecule has 1 aromatic rings. The maximum absolute atomic E-state index is 12.7. The van der Waals surface area contributed by atoms with Crippen molar-refractivity contribution in [2.45, 2.75) is 12.6 Å². The summed E-state index contributed by atoms with van der Waals surface area (Å²) < 4.78 is 37.4. The number of allylic oxidation sites excluding steroid dienone is 1. The topological polar surface area (TPSA) is 108 Å². The largest absolute Gasteiger partial charge is 0.490 e. The van der Waals surface area contributed by atoms with Gasteiger partial charge in [-0.2, -0.15) is 13.2 Å². The molecule has 2 aliphatic heterocycles. The van der Waals surface area contributed by atoms with E-state index in [0.29, 0.717) is 50.5 Å². The summed E-state index contributed by atoms with van der Waals surface area (Å²) in [6, 6.07) is 7.19. The number of nitrogens with one attached hydrogen (secondary N) is 2. The van der Waals surface area contributed by atoms with Crippen LogP contribution in [0.15, 0.2) is 36.4 Å². The summed E-state index contributed by atoms with van der Waals surface area (Å²) in [7, 11) is 1.79. The van der Waals surface area contributed by atoms with Gasteiger partial charge in [0.2, 0.25) is 5.91 Å². The van der Waals surface area contributed by atoms with E-state index < -0.39 is 12.1 Å². The van der Waals surface area contributed by atoms with Crippen molar-refractivity contribution < 1.29 is 37.4 Å². The van der Waals surface area contributed by atoms with Crippen molar-refractivity contribution in [2.75, 3.05) is 39.8 Å². The van der Waals surface area contributed by atoms with Gasteiger partial charge in [-0.15, -0.1) is 0 Å². The number of benzene rings is 1. The first-order valence-electron chi connectivity index (χ1n) is 9.48. The average molecular weight is 443 g/mol. The number of carbonyl (C=O) groups is 3. The molecule has 0 unspecified atom stereocenters. The van der Waals surface area contributed by atoms with Gasteiger partial charge in [-0.1, -0.05) is 24.3 Å². The van der Waals surface area contributed by atoms with Crippen LogP contribution in [0.5, 0.6) is 5.75 Å². The quantitative estimate of drug-likeness (QED) is 0.524. The van der Waals surface area contributed by atoms with Crippen LogP contribution in [0.4, 0.5) is 13.2 Å². The Hall–Kier alpha value is -3.08. The number of amides is 2. The highest BCUT2D eigenvalue weighted by Crippen LogP contribution is 2.30. The summed E-state index contributed by atoms with van der Waals surface area (Å²) in [6.07, 6.45) is -0.477. The molecule has 1 spiro atoms. The maximum Gasteiger partial charge on any atom is 0.490 e. The van der Waals surface area contributed by atoms with Crippen LogP contribution in [0, 0.1) is 5.41 Å². The fourth-order valence-corrected chi connectivity index (χ4v) is 3.04. The summed E-state index contributed by atoms with van der Waals surface area (Å²) >= 11 is 0. The van der Waals surface area contributed by atoms with Crippen molar-refractivity contribution in [3.63, 3.8) is 0 Å². The number of fused-ring (bicyclic) bond motifs is 1. The van der Waals surface area contributed by atoms with E-state index in [9.17, 15) is 22.8 Å². The highest BCUT2D eigenvalue weighted by molar-refractivity contribution is 5.97. The lowest BCUT2D eigenvalue weighted by Gasteiger charge is -2.43. The first-order valence-corrected chi connectivity index (χ1v) is 9.48. The van der Waals surface area contributed by atoms with Gasteiger partial charge < -0.3 is 25.4 Å². The highest BCUT2D eigenvalue weighted by atomic mass is 19.4. The summed E-state index contributed by atoms with van der Waals surface area (Å²) in [4.78, 5) is 35.7. The summed E-state index contributed by atoms with van der Waals surface area (Å²) in [5, 5.41) is 13.2. The second kappa shape index (κ2) is 10.3. The number of hydrogen-bond acceptors (Lipinski definition) is 5. The fraction of sp³-hybridized carbons (Fsp3) is 0.450. The molecule has 2 amide bonds. The minimum absolute atomic E-state index is 0.124. The van der Waals surface area contributed by atoms with Crippen LogP contribution in [-0.2, 0) is 9.59 Å². The number of aliphatic carboxylic acids is 1. The molecule has 11 heteroatoms. The molecule has 2 heterocycles. The number of carboxylic acids is 1. The minimum Gasteiger partial charge on any atom is -0.489 e. The van der Waals surface area contributed by atoms with E-state index in [4.69, 9.17) is 14.6 Å². The van der Waals surface area contributed by atoms with Gasteiger partial charge in [-0.3, -0.25) is 9.59 Å². The summed E-state index contributed by atoms with van der Waals surface area (Å²) in [5.41, 5.74) is 0.147. The number of hydrogen-bond donors (Lipinski definition) is 3. The number of likely N-dealkylation sites (N-methyl/N-ethyl adjacent to an activating group) is 1. The van der Waals surface area contributed by atoms with E-state index in [2.05, 4.69) is 10.6 Å². The van der Waals surface area contributed by atoms with Crippen LogP contribution >= 0.6 is 0 Å². The van der Waals surface area contributed by atoms with Crippen LogP contribution in [0.25, 0.3) is 0 Å². The van der Waals surface area contributed by atoms with Gasteiger partial charge >= 0.3 is 12.1 Å². The second-order valence-corrected chi connectivity index (χ2v) is 7.15. The molecule has 0 saturated carbocycles. The van der Waals surface area contributed by atoms with Gasteiger partial charge in [-0.05, 0) is 18.6 Å². The molecule has 3 rings (SSSR count). The third kappa shape index (κ3) is 6.45. The summed E-state index contributed by atoms with van der Waals surface area (Å²) in [5.74, 6) is -2.25. The number of para-hydroxylation sites is 1. The van der Waals surface area contributed by atoms with Gasteiger partial charge in [-0.25, -0.2) is 4.79 Å². The maximum atomic E-state index is 12.7. The molecule has 170 valence electrons. The zero-order chi connectivity index (χ0) is 23.1. The molecule has 1 saturated heterocycles. The third-order valence-electron chi connectivity index (χ3n) is 4.84. The first kappa shape index (κ1) is 24.2. The smallest absolute Gasteiger partial charge is 0.489 e. The van der Waals surface area contributed by atoms with Crippen LogP contribution in [0.2, 0.25) is 0 Å². The molecule has 0 radical (unpaired) electrons. The Morgan fingerprint density at radius 2 is 1.84 bits per heavy atom. The molecular formula is C20H24F3N3O5. The SMILES string of the molecule is CN1CCNC(=O)c2ccccc2OC/C=C\CC2(CNC2)C1=O.O=C(O)C(F)(F)F. The standard InChI is InChI=1S/C18H23N3O3.C2HF3O2/c1-21-10-9-20-16(22)14-6-2-3-7-15(14)24-11-5-4-8-18(17(21)23)12-19-13-18;3-2(4,5)1(6)7/h2-7,19H,8-13H2,1H3,(H,20,22);(H,6,7)/b5-4-;. The van der Waals surface area contributed by atoms with Gasteiger partial charge in [0.15, 0.2) is 0 Å². The average Bonchev–Trinajstić information content (AvgIpc) is 2.68. The minimum atomic E-state index is -5.08. The highest BCUT2D eigenvalue weighted by Gasteiger charge is 2.44. The van der Waals surface area contributed by atoms with Gasteiger partial charge in [0.1, 0.15) is 12.4 Å². The van der Waals surface area contributed by atoms with Crippen molar-refractivity contribution in [2.24, 2.45) is 5.41 Å². The second-order valence-electron chi connectivity index (χ2n) is 7.15. The Morgan fingerprint density at radius 1 is 1.19 bits per heavy atom. The fourth-order valence-electron chi connectivity index (χ4n) is 3.04. The Morgan fingerprint density at radius 3 is 2.42 bits per heavy atom. The number of alkyl halides is 3. The lowest BCUT2D eigenvalue weighted by atomic mass is 9.77. The first-order chi connectivity index (χ1) is 14.6. The van der Waals surface area contributed by atoms with Crippen molar-refractivity contribution in [3.05, 3.63) is 42.0 Å². The predicted molar refractivity (Wildman–Crippen MR) is 105 cm³/mol. The molecule has 31 heavy (non-hydrogen) atoms. The van der Waals surface area contributed by atoms with Crippen molar-refractivity contribution in [1.82, 2.24) is 15.5 Å². The predicted octanol–water partition coefficient (Wildman–Crippen LogP) is 1.44. The van der Waals surface area contributed by atoms with Crippen LogP contribution < -0.4 is 15.4 Å². The molecule has 0 aromatic heterocycles. The van der Waals surface area contributed by atoms with Crippen molar-refractivity contribution in [3.8, 4) is 5.75 Å². The normalized spacial score (nSPS) is 20.1. The van der Waals surface area contributed by atoms with Crippen LogP contribution in [-0.4, -0.2) is 73.8 Å². The number of halogens is 3. The lowest BCUT2D eigenvalue weighted by molar-refractivity contribution is -0.192. The molecule has 0 bridgehead atoms. The van der Waals surface area contributed by atoms with Crippen molar-refractivity contribution >= 4 is 17.8 Å². The third-order valence-corrected chi connectivity index (χ3v) is 4.84. The van der Waals surface area contributed by atoms with Gasteiger partial charge in [0.25, 0.3) is 5.91 Å². The Labute approximate surface area is 177 Å². The Kier molecular flexibility index (Phi) is 8.03. The van der Waals surface area contributed by atoms with Gasteiger partial charge in [0.05, 0.1) is 11.0 Å². The zero-order valence-corrected chi connectivity index (χ0v) is 16.9. The van der Waals surface area contributed by atoms with E-state index in [0.717, 1.165) is 0 Å². The molecule has 0 aliphatic carbocycles. The van der Waals surface area contributed by atoms with Gasteiger partial charge in [0, 0.05) is 33.2 Å². The lowest BCUT2D eigenvalue weighted by Crippen LogP contribution is -2.61. The molecule has 1 fully saturated rings. The zero-order valence-electron chi connectivity index (χ0n) is 16.9. The molecule has 8 nitrogen and oxygen atoms in total. The van der Waals surface area contributed by atoms with Crippen LogP contribution in [0.3, 0.4) is 0 Å². The van der Waals surface area contributed by atoms with Crippen LogP contribution in [0.1, 0.15) is 16.8 Å².